The molecule has 16 heavy (non-hydrogen) atoms. The van der Waals surface area contributed by atoms with E-state index >= 15 is 0 Å². The predicted molar refractivity (Wildman–Crippen MR) is 69.8 cm³/mol. The van der Waals surface area contributed by atoms with Crippen molar-refractivity contribution in [3.63, 3.8) is 0 Å². The van der Waals surface area contributed by atoms with Crippen LogP contribution in [0.1, 0.15) is 31.9 Å². The molecule has 1 atom stereocenters. The first-order chi connectivity index (χ1) is 7.66. The summed E-state index contributed by atoms with van der Waals surface area (Å²) in [5.41, 5.74) is 3.59. The molecule has 0 aliphatic heterocycles. The van der Waals surface area contributed by atoms with Crippen LogP contribution in [0.4, 0.5) is 0 Å². The van der Waals surface area contributed by atoms with E-state index in [1.54, 1.807) is 0 Å². The van der Waals surface area contributed by atoms with Gasteiger partial charge in [-0.25, -0.2) is 0 Å². The van der Waals surface area contributed by atoms with Gasteiger partial charge in [0.1, 0.15) is 0 Å². The van der Waals surface area contributed by atoms with Gasteiger partial charge in [-0.2, -0.15) is 0 Å². The van der Waals surface area contributed by atoms with Crippen LogP contribution >= 0.6 is 0 Å². The highest BCUT2D eigenvalue weighted by Crippen LogP contribution is 2.20. The molecule has 1 aromatic heterocycles. The first-order valence-corrected chi connectivity index (χ1v) is 5.91. The maximum absolute atomic E-state index is 9.34. The minimum absolute atomic E-state index is 0.283. The van der Waals surface area contributed by atoms with Gasteiger partial charge in [0, 0.05) is 23.5 Å². The highest BCUT2D eigenvalue weighted by atomic mass is 16.3. The summed E-state index contributed by atoms with van der Waals surface area (Å²) in [6.07, 6.45) is 2.41. The third-order valence-corrected chi connectivity index (χ3v) is 2.44. The second-order valence-corrected chi connectivity index (χ2v) is 3.92. The summed E-state index contributed by atoms with van der Waals surface area (Å²) in [5, 5.41) is 10.6. The molecule has 0 saturated carbocycles. The van der Waals surface area contributed by atoms with Crippen molar-refractivity contribution in [3.8, 4) is 0 Å². The zero-order valence-corrected chi connectivity index (χ0v) is 10.5. The Kier molecular flexibility index (Phi) is 4.56. The fourth-order valence-corrected chi connectivity index (χ4v) is 1.78. The van der Waals surface area contributed by atoms with Crippen LogP contribution in [0.3, 0.4) is 0 Å². The number of aryl methyl sites for hydroxylation is 1. The molecule has 2 aromatic rings. The molecule has 2 heteroatoms. The first-order valence-electron chi connectivity index (χ1n) is 5.91. The fraction of sp³-hybridized carbons (Fsp3) is 0.429. The highest BCUT2D eigenvalue weighted by molar-refractivity contribution is 5.83. The Morgan fingerprint density at radius 2 is 2.00 bits per heavy atom. The molecule has 0 bridgehead atoms. The van der Waals surface area contributed by atoms with E-state index in [0.29, 0.717) is 6.42 Å². The zero-order valence-electron chi connectivity index (χ0n) is 10.5. The maximum atomic E-state index is 9.34. The van der Waals surface area contributed by atoms with E-state index in [1.807, 2.05) is 27.0 Å². The van der Waals surface area contributed by atoms with Crippen molar-refractivity contribution in [1.82, 2.24) is 4.98 Å². The fourth-order valence-electron chi connectivity index (χ4n) is 1.78. The Morgan fingerprint density at radius 1 is 1.31 bits per heavy atom. The molecule has 0 fully saturated rings. The van der Waals surface area contributed by atoms with Crippen molar-refractivity contribution in [1.29, 1.82) is 0 Å². The van der Waals surface area contributed by atoms with E-state index in [9.17, 15) is 5.11 Å². The van der Waals surface area contributed by atoms with E-state index in [4.69, 9.17) is 0 Å². The van der Waals surface area contributed by atoms with Crippen molar-refractivity contribution in [2.45, 2.75) is 40.2 Å². The van der Waals surface area contributed by atoms with E-state index in [2.05, 4.69) is 30.1 Å². The minimum atomic E-state index is -0.283. The van der Waals surface area contributed by atoms with Crippen LogP contribution in [0.25, 0.3) is 10.9 Å². The largest absolute Gasteiger partial charge is 0.393 e. The summed E-state index contributed by atoms with van der Waals surface area (Å²) in [7, 11) is 0. The number of nitrogens with one attached hydrogen (secondary N) is 1. The lowest BCUT2D eigenvalue weighted by atomic mass is 10.1. The average molecular weight is 219 g/mol. The molecule has 0 aliphatic carbocycles. The molecule has 0 saturated heterocycles. The minimum Gasteiger partial charge on any atom is -0.393 e. The number of rotatable bonds is 2. The number of fused-ring (bicyclic) bond motifs is 1. The highest BCUT2D eigenvalue weighted by Gasteiger charge is 2.05. The number of benzene rings is 1. The molecule has 2 nitrogen and oxygen atoms in total. The summed E-state index contributed by atoms with van der Waals surface area (Å²) in [6, 6.07) is 6.32. The van der Waals surface area contributed by atoms with Gasteiger partial charge in [-0.1, -0.05) is 25.5 Å². The van der Waals surface area contributed by atoms with Crippen LogP contribution in [-0.4, -0.2) is 16.2 Å². The molecule has 88 valence electrons. The van der Waals surface area contributed by atoms with Gasteiger partial charge in [-0.15, -0.1) is 0 Å². The lowest BCUT2D eigenvalue weighted by molar-refractivity contribution is 0.196. The summed E-state index contributed by atoms with van der Waals surface area (Å²) < 4.78 is 0. The van der Waals surface area contributed by atoms with Crippen molar-refractivity contribution in [2.24, 2.45) is 0 Å². The van der Waals surface area contributed by atoms with E-state index in [0.717, 1.165) is 5.52 Å². The van der Waals surface area contributed by atoms with Crippen molar-refractivity contribution >= 4 is 10.9 Å². The topological polar surface area (TPSA) is 36.0 Å². The zero-order chi connectivity index (χ0) is 12.1. The number of hydrogen-bond acceptors (Lipinski definition) is 1. The molecule has 1 unspecified atom stereocenters. The molecule has 1 aromatic carbocycles. The van der Waals surface area contributed by atoms with Gasteiger partial charge in [0.25, 0.3) is 0 Å². The predicted octanol–water partition coefficient (Wildman–Crippen LogP) is 3.43. The van der Waals surface area contributed by atoms with E-state index < -0.39 is 0 Å². The Bertz CT molecular complexity index is 443. The Labute approximate surface area is 97.3 Å². The molecule has 0 aliphatic rings. The summed E-state index contributed by atoms with van der Waals surface area (Å²) in [5.74, 6) is 0. The molecule has 2 rings (SSSR count). The lowest BCUT2D eigenvalue weighted by Crippen LogP contribution is -2.03. The van der Waals surface area contributed by atoms with Crippen molar-refractivity contribution < 1.29 is 5.11 Å². The van der Waals surface area contributed by atoms with Crippen LogP contribution in [0, 0.1) is 6.92 Å². The summed E-state index contributed by atoms with van der Waals surface area (Å²) >= 11 is 0. The second kappa shape index (κ2) is 5.71. The van der Waals surface area contributed by atoms with Crippen LogP contribution < -0.4 is 0 Å². The van der Waals surface area contributed by atoms with Gasteiger partial charge in [0.05, 0.1) is 6.10 Å². The van der Waals surface area contributed by atoms with E-state index in [-0.39, 0.29) is 6.10 Å². The monoisotopic (exact) mass is 219 g/mol. The average Bonchev–Trinajstić information content (AvgIpc) is 2.63. The van der Waals surface area contributed by atoms with Crippen LogP contribution in [0.15, 0.2) is 24.4 Å². The van der Waals surface area contributed by atoms with E-state index in [1.165, 1.54) is 16.5 Å². The first kappa shape index (κ1) is 12.8. The standard InChI is InChI=1S/C12H15NO.C2H6/c1-8-3-4-12-11(5-8)10(7-13-12)6-9(2)14;1-2/h3-5,7,9,13-14H,6H2,1-2H3;1-2H3. The number of H-pyrrole nitrogens is 1. The third-order valence-electron chi connectivity index (χ3n) is 2.44. The van der Waals surface area contributed by atoms with Gasteiger partial charge < -0.3 is 10.1 Å². The quantitative estimate of drug-likeness (QED) is 0.797. The number of aromatic nitrogens is 1. The molecular formula is C14H21NO. The second-order valence-electron chi connectivity index (χ2n) is 3.92. The van der Waals surface area contributed by atoms with Crippen molar-refractivity contribution in [3.05, 3.63) is 35.5 Å². The number of aliphatic hydroxyl groups is 1. The van der Waals surface area contributed by atoms with Crippen LogP contribution in [0.2, 0.25) is 0 Å². The summed E-state index contributed by atoms with van der Waals surface area (Å²) in [4.78, 5) is 3.21. The Hall–Kier alpha value is -1.28. The molecule has 0 amide bonds. The lowest BCUT2D eigenvalue weighted by Gasteiger charge is -2.02. The molecular weight excluding hydrogens is 198 g/mol. The smallest absolute Gasteiger partial charge is 0.0553 e. The van der Waals surface area contributed by atoms with Gasteiger partial charge in [-0.3, -0.25) is 0 Å². The molecule has 2 N–H and O–H groups in total. The van der Waals surface area contributed by atoms with Gasteiger partial charge in [-0.05, 0) is 31.5 Å². The number of hydrogen-bond donors (Lipinski definition) is 2. The summed E-state index contributed by atoms with van der Waals surface area (Å²) in [6.45, 7) is 7.90. The molecule has 1 heterocycles. The molecule has 0 spiro atoms. The Morgan fingerprint density at radius 3 is 2.62 bits per heavy atom. The van der Waals surface area contributed by atoms with Gasteiger partial charge >= 0.3 is 0 Å². The molecule has 0 radical (unpaired) electrons. The Balaban J connectivity index is 0.000000606. The third kappa shape index (κ3) is 2.86. The van der Waals surface area contributed by atoms with Gasteiger partial charge in [0.15, 0.2) is 0 Å². The SMILES string of the molecule is CC.Cc1ccc2[nH]cc(CC(C)O)c2c1. The van der Waals surface area contributed by atoms with Crippen molar-refractivity contribution in [2.75, 3.05) is 0 Å². The maximum Gasteiger partial charge on any atom is 0.0553 e. The number of aliphatic hydroxyl groups excluding tert-OH is 1. The van der Waals surface area contributed by atoms with Gasteiger partial charge in [0.2, 0.25) is 0 Å². The normalized spacial score (nSPS) is 12.1. The van der Waals surface area contributed by atoms with Crippen LogP contribution in [0.5, 0.6) is 0 Å². The number of aromatic amines is 1. The van der Waals surface area contributed by atoms with Crippen LogP contribution in [-0.2, 0) is 6.42 Å².